The van der Waals surface area contributed by atoms with E-state index in [2.05, 4.69) is 27.7 Å². The van der Waals surface area contributed by atoms with E-state index in [1.807, 2.05) is 0 Å². The van der Waals surface area contributed by atoms with Crippen molar-refractivity contribution < 1.29 is 80.2 Å². The molecule has 0 aliphatic carbocycles. The number of carbonyl (C=O) groups excluding carboxylic acids is 4. The van der Waals surface area contributed by atoms with Crippen LogP contribution in [-0.2, 0) is 65.4 Å². The van der Waals surface area contributed by atoms with Crippen LogP contribution >= 0.6 is 15.6 Å². The second-order valence-electron chi connectivity index (χ2n) is 26.0. The van der Waals surface area contributed by atoms with Gasteiger partial charge in [0.05, 0.1) is 26.4 Å². The summed E-state index contributed by atoms with van der Waals surface area (Å²) in [6, 6.07) is 0. The van der Waals surface area contributed by atoms with Crippen LogP contribution in [0.3, 0.4) is 0 Å². The predicted molar refractivity (Wildman–Crippen MR) is 368 cm³/mol. The van der Waals surface area contributed by atoms with Crippen molar-refractivity contribution in [2.24, 2.45) is 0 Å². The number of esters is 4. The molecule has 2 unspecified atom stereocenters. The Balaban J connectivity index is 5.24. The van der Waals surface area contributed by atoms with Gasteiger partial charge in [-0.1, -0.05) is 329 Å². The quantitative estimate of drug-likeness (QED) is 0.0222. The molecule has 0 radical (unpaired) electrons. The first kappa shape index (κ1) is 89.1. The second kappa shape index (κ2) is 66.7. The molecule has 0 aromatic rings. The summed E-state index contributed by atoms with van der Waals surface area (Å²) in [4.78, 5) is 72.6. The molecule has 91 heavy (non-hydrogen) atoms. The molecule has 3 N–H and O–H groups in total. The Morgan fingerprint density at radius 1 is 0.264 bits per heavy atom. The highest BCUT2D eigenvalue weighted by molar-refractivity contribution is 7.47. The van der Waals surface area contributed by atoms with Crippen molar-refractivity contribution in [3.63, 3.8) is 0 Å². The molecule has 540 valence electrons. The molecule has 0 aliphatic rings. The Morgan fingerprint density at radius 2 is 0.440 bits per heavy atom. The van der Waals surface area contributed by atoms with E-state index >= 15 is 0 Å². The number of aliphatic hydroxyl groups is 1. The summed E-state index contributed by atoms with van der Waals surface area (Å²) >= 11 is 0. The molecule has 19 heteroatoms. The second-order valence-corrected chi connectivity index (χ2v) is 28.9. The molecule has 5 atom stereocenters. The molecule has 0 fully saturated rings. The maximum Gasteiger partial charge on any atom is 0.472 e. The van der Waals surface area contributed by atoms with E-state index in [0.29, 0.717) is 25.7 Å². The Hall–Kier alpha value is -1.94. The van der Waals surface area contributed by atoms with Crippen molar-refractivity contribution in [3.05, 3.63) is 0 Å². The zero-order valence-corrected chi connectivity index (χ0v) is 60.6. The third kappa shape index (κ3) is 66.5. The van der Waals surface area contributed by atoms with Crippen LogP contribution in [0.15, 0.2) is 0 Å². The number of carbonyl (C=O) groups is 4. The van der Waals surface area contributed by atoms with E-state index in [9.17, 15) is 43.2 Å². The highest BCUT2D eigenvalue weighted by Gasteiger charge is 2.30. The van der Waals surface area contributed by atoms with Crippen LogP contribution in [0.25, 0.3) is 0 Å². The molecule has 17 nitrogen and oxygen atoms in total. The molecule has 0 aliphatic heterocycles. The zero-order chi connectivity index (χ0) is 66.8. The molecule has 0 saturated heterocycles. The first-order chi connectivity index (χ1) is 44.2. The molecule has 0 rings (SSSR count). The first-order valence-electron chi connectivity index (χ1n) is 37.8. The van der Waals surface area contributed by atoms with Gasteiger partial charge >= 0.3 is 39.5 Å². The van der Waals surface area contributed by atoms with Gasteiger partial charge in [-0.15, -0.1) is 0 Å². The van der Waals surface area contributed by atoms with Crippen molar-refractivity contribution in [2.45, 2.75) is 399 Å². The minimum Gasteiger partial charge on any atom is -0.462 e. The fourth-order valence-corrected chi connectivity index (χ4v) is 12.6. The van der Waals surface area contributed by atoms with Crippen LogP contribution in [0.4, 0.5) is 0 Å². The van der Waals surface area contributed by atoms with Crippen LogP contribution in [0.1, 0.15) is 381 Å². The van der Waals surface area contributed by atoms with Crippen molar-refractivity contribution in [1.29, 1.82) is 0 Å². The largest absolute Gasteiger partial charge is 0.472 e. The van der Waals surface area contributed by atoms with Gasteiger partial charge in [0.15, 0.2) is 12.2 Å². The van der Waals surface area contributed by atoms with E-state index in [-0.39, 0.29) is 25.7 Å². The molecular weight excluding hydrogens is 1200 g/mol. The van der Waals surface area contributed by atoms with Gasteiger partial charge in [0.1, 0.15) is 19.3 Å². The van der Waals surface area contributed by atoms with Gasteiger partial charge in [0.2, 0.25) is 0 Å². The summed E-state index contributed by atoms with van der Waals surface area (Å²) in [5.74, 6) is -2.11. The number of aliphatic hydroxyl groups excluding tert-OH is 1. The monoisotopic (exact) mass is 1340 g/mol. The maximum absolute atomic E-state index is 13.0. The van der Waals surface area contributed by atoms with E-state index in [0.717, 1.165) is 89.9 Å². The molecule has 0 saturated carbocycles. The fourth-order valence-electron chi connectivity index (χ4n) is 11.0. The lowest BCUT2D eigenvalue weighted by molar-refractivity contribution is -0.161. The molecule has 0 amide bonds. The fraction of sp³-hybridized carbons (Fsp3) is 0.944. The standard InChI is InChI=1S/C72H140O17P2/c1-5-9-13-17-21-25-29-32-33-36-39-43-47-51-55-59-72(77)89-68(63-83-70(75)57-53-49-45-41-37-34-30-26-22-18-14-10-6-2)65-87-91(80,81)85-61-66(73)60-84-90(78,79)86-64-67(62-82-69(74)56-52-48-44-40-28-24-20-16-12-8-4)88-71(76)58-54-50-46-42-38-35-31-27-23-19-15-11-7-3/h66-68,73H,5-65H2,1-4H3,(H,78,79)(H,80,81)/t66-,67+,68+/m0/s1. The minimum atomic E-state index is -4.95. The molecule has 0 bridgehead atoms. The molecule has 0 aromatic carbocycles. The lowest BCUT2D eigenvalue weighted by Crippen LogP contribution is -2.30. The van der Waals surface area contributed by atoms with Crippen molar-refractivity contribution in [1.82, 2.24) is 0 Å². The van der Waals surface area contributed by atoms with Crippen LogP contribution in [-0.4, -0.2) is 96.7 Å². The average molecular weight is 1340 g/mol. The summed E-state index contributed by atoms with van der Waals surface area (Å²) in [5, 5.41) is 10.6. The van der Waals surface area contributed by atoms with Crippen LogP contribution in [0, 0.1) is 0 Å². The normalized spacial score (nSPS) is 14.0. The number of hydrogen-bond donors (Lipinski definition) is 3. The first-order valence-corrected chi connectivity index (χ1v) is 40.8. The van der Waals surface area contributed by atoms with E-state index in [1.165, 1.54) is 212 Å². The Kier molecular flexibility index (Phi) is 65.2. The lowest BCUT2D eigenvalue weighted by atomic mass is 10.0. The summed E-state index contributed by atoms with van der Waals surface area (Å²) < 4.78 is 68.4. The number of rotatable bonds is 73. The van der Waals surface area contributed by atoms with Gasteiger partial charge in [-0.25, -0.2) is 9.13 Å². The van der Waals surface area contributed by atoms with Gasteiger partial charge in [-0.05, 0) is 25.7 Å². The lowest BCUT2D eigenvalue weighted by Gasteiger charge is -2.21. The predicted octanol–water partition coefficient (Wildman–Crippen LogP) is 21.1. The summed E-state index contributed by atoms with van der Waals surface area (Å²) in [6.45, 7) is 4.96. The molecular formula is C72H140O17P2. The Labute approximate surface area is 556 Å². The van der Waals surface area contributed by atoms with E-state index < -0.39 is 97.5 Å². The Morgan fingerprint density at radius 3 is 0.648 bits per heavy atom. The van der Waals surface area contributed by atoms with Gasteiger partial charge in [0, 0.05) is 25.7 Å². The number of ether oxygens (including phenoxy) is 4. The van der Waals surface area contributed by atoms with Crippen molar-refractivity contribution >= 4 is 39.5 Å². The smallest absolute Gasteiger partial charge is 0.462 e. The molecule has 0 aromatic heterocycles. The van der Waals surface area contributed by atoms with Crippen LogP contribution < -0.4 is 0 Å². The van der Waals surface area contributed by atoms with Crippen LogP contribution in [0.5, 0.6) is 0 Å². The number of unbranched alkanes of at least 4 members (excludes halogenated alkanes) is 47. The number of phosphoric ester groups is 2. The molecule has 0 heterocycles. The van der Waals surface area contributed by atoms with Gasteiger partial charge in [0.25, 0.3) is 0 Å². The van der Waals surface area contributed by atoms with Crippen molar-refractivity contribution in [2.75, 3.05) is 39.6 Å². The van der Waals surface area contributed by atoms with Gasteiger partial charge in [-0.2, -0.15) is 0 Å². The summed E-state index contributed by atoms with van der Waals surface area (Å²) in [7, 11) is -9.90. The van der Waals surface area contributed by atoms with E-state index in [1.54, 1.807) is 0 Å². The highest BCUT2D eigenvalue weighted by atomic mass is 31.2. The molecule has 0 spiro atoms. The third-order valence-corrected chi connectivity index (χ3v) is 18.8. The van der Waals surface area contributed by atoms with Crippen LogP contribution in [0.2, 0.25) is 0 Å². The van der Waals surface area contributed by atoms with E-state index in [4.69, 9.17) is 37.0 Å². The van der Waals surface area contributed by atoms with Crippen molar-refractivity contribution in [3.8, 4) is 0 Å². The topological polar surface area (TPSA) is 237 Å². The zero-order valence-electron chi connectivity index (χ0n) is 58.8. The highest BCUT2D eigenvalue weighted by Crippen LogP contribution is 2.45. The summed E-state index contributed by atoms with van der Waals surface area (Å²) in [6.07, 6.45) is 55.2. The Bertz CT molecular complexity index is 1740. The number of hydrogen-bond acceptors (Lipinski definition) is 15. The van der Waals surface area contributed by atoms with Gasteiger partial charge in [-0.3, -0.25) is 37.3 Å². The SMILES string of the molecule is CCCCCCCCCCCCCCCCCC(=O)O[C@H](COC(=O)CCCCCCCCCCCCCCC)COP(=O)(O)OC[C@@H](O)COP(=O)(O)OC[C@@H](COC(=O)CCCCCCCCCCCC)OC(=O)CCCCCCCCCCCCCCC. The van der Waals surface area contributed by atoms with Gasteiger partial charge < -0.3 is 33.8 Å². The minimum absolute atomic E-state index is 0.108. The average Bonchev–Trinajstić information content (AvgIpc) is 3.71. The summed E-state index contributed by atoms with van der Waals surface area (Å²) in [5.41, 5.74) is 0. The third-order valence-electron chi connectivity index (χ3n) is 16.9. The number of phosphoric acid groups is 2. The maximum atomic E-state index is 13.0.